The molecule has 136 valence electrons. The minimum Gasteiger partial charge on any atom is -0.489 e. The predicted molar refractivity (Wildman–Crippen MR) is 102 cm³/mol. The van der Waals surface area contributed by atoms with Gasteiger partial charge < -0.3 is 19.2 Å². The SMILES string of the molecule is Cc1[nH]cnc1C1CCN(c2nc3cc(Cl)cc4c3n2[C@@H](C)CO4)CC1. The lowest BCUT2D eigenvalue weighted by atomic mass is 9.93. The summed E-state index contributed by atoms with van der Waals surface area (Å²) in [7, 11) is 0. The van der Waals surface area contributed by atoms with Gasteiger partial charge in [-0.1, -0.05) is 11.6 Å². The molecular formula is C19H22ClN5O. The standard InChI is InChI=1S/C19H22ClN5O/c1-11-9-26-16-8-14(20)7-15-18(16)25(11)19(23-15)24-5-3-13(4-6-24)17-12(2)21-10-22-17/h7-8,10-11,13H,3-6,9H2,1-2H3,(H,21,22)/t11-/m0/s1. The second-order valence-electron chi connectivity index (χ2n) is 7.39. The average Bonchev–Trinajstić information content (AvgIpc) is 3.23. The number of aromatic nitrogens is 4. The highest BCUT2D eigenvalue weighted by Crippen LogP contribution is 2.40. The van der Waals surface area contributed by atoms with Gasteiger partial charge in [0.2, 0.25) is 5.95 Å². The molecule has 26 heavy (non-hydrogen) atoms. The molecule has 0 unspecified atom stereocenters. The van der Waals surface area contributed by atoms with Gasteiger partial charge in [-0.2, -0.15) is 0 Å². The van der Waals surface area contributed by atoms with Crippen molar-refractivity contribution in [2.75, 3.05) is 24.6 Å². The Morgan fingerprint density at radius 3 is 2.81 bits per heavy atom. The molecule has 2 aromatic heterocycles. The van der Waals surface area contributed by atoms with Crippen LogP contribution in [0.4, 0.5) is 5.95 Å². The minimum absolute atomic E-state index is 0.259. The molecular weight excluding hydrogens is 350 g/mol. The minimum atomic E-state index is 0.259. The number of aryl methyl sites for hydroxylation is 1. The summed E-state index contributed by atoms with van der Waals surface area (Å²) in [6.07, 6.45) is 3.98. The molecule has 3 aromatic rings. The lowest BCUT2D eigenvalue weighted by Gasteiger charge is -2.34. The Hall–Kier alpha value is -2.21. The first-order valence-electron chi connectivity index (χ1n) is 9.21. The zero-order valence-electron chi connectivity index (χ0n) is 15.0. The van der Waals surface area contributed by atoms with Crippen molar-refractivity contribution in [2.24, 2.45) is 0 Å². The fourth-order valence-electron chi connectivity index (χ4n) is 4.32. The fourth-order valence-corrected chi connectivity index (χ4v) is 4.52. The normalized spacial score (nSPS) is 20.6. The van der Waals surface area contributed by atoms with Crippen molar-refractivity contribution in [3.05, 3.63) is 34.9 Å². The first-order valence-corrected chi connectivity index (χ1v) is 9.58. The summed E-state index contributed by atoms with van der Waals surface area (Å²) >= 11 is 6.25. The van der Waals surface area contributed by atoms with Crippen LogP contribution in [0.5, 0.6) is 5.75 Å². The number of piperidine rings is 1. The van der Waals surface area contributed by atoms with E-state index in [0.29, 0.717) is 17.5 Å². The van der Waals surface area contributed by atoms with Crippen LogP contribution in [-0.4, -0.2) is 39.2 Å². The third kappa shape index (κ3) is 2.39. The van der Waals surface area contributed by atoms with Crippen molar-refractivity contribution in [1.29, 1.82) is 0 Å². The Morgan fingerprint density at radius 2 is 2.08 bits per heavy atom. The summed E-state index contributed by atoms with van der Waals surface area (Å²) in [4.78, 5) is 15.1. The van der Waals surface area contributed by atoms with E-state index in [4.69, 9.17) is 21.3 Å². The van der Waals surface area contributed by atoms with Gasteiger partial charge in [-0.05, 0) is 32.8 Å². The molecule has 6 nitrogen and oxygen atoms in total. The summed E-state index contributed by atoms with van der Waals surface area (Å²) in [5.41, 5.74) is 4.39. The van der Waals surface area contributed by atoms with Crippen molar-refractivity contribution in [1.82, 2.24) is 19.5 Å². The second-order valence-corrected chi connectivity index (χ2v) is 7.82. The molecule has 0 aliphatic carbocycles. The van der Waals surface area contributed by atoms with Crippen molar-refractivity contribution >= 4 is 28.6 Å². The van der Waals surface area contributed by atoms with Gasteiger partial charge in [0, 0.05) is 35.8 Å². The molecule has 0 spiro atoms. The molecule has 1 atom stereocenters. The first-order chi connectivity index (χ1) is 12.6. The second kappa shape index (κ2) is 5.91. The lowest BCUT2D eigenvalue weighted by molar-refractivity contribution is 0.248. The van der Waals surface area contributed by atoms with Crippen LogP contribution in [0.15, 0.2) is 18.5 Å². The Balaban J connectivity index is 1.48. The zero-order valence-corrected chi connectivity index (χ0v) is 15.8. The van der Waals surface area contributed by atoms with Crippen molar-refractivity contribution in [3.8, 4) is 5.75 Å². The molecule has 1 saturated heterocycles. The van der Waals surface area contributed by atoms with Crippen LogP contribution >= 0.6 is 11.6 Å². The van der Waals surface area contributed by atoms with E-state index in [9.17, 15) is 0 Å². The maximum absolute atomic E-state index is 6.25. The van der Waals surface area contributed by atoms with Crippen molar-refractivity contribution < 1.29 is 4.74 Å². The molecule has 1 fully saturated rings. The smallest absolute Gasteiger partial charge is 0.207 e. The quantitative estimate of drug-likeness (QED) is 0.738. The monoisotopic (exact) mass is 371 g/mol. The molecule has 1 aromatic carbocycles. The van der Waals surface area contributed by atoms with Crippen LogP contribution in [0.2, 0.25) is 5.02 Å². The number of hydrogen-bond donors (Lipinski definition) is 1. The highest BCUT2D eigenvalue weighted by molar-refractivity contribution is 6.31. The Labute approximate surface area is 157 Å². The van der Waals surface area contributed by atoms with E-state index in [0.717, 1.165) is 48.7 Å². The molecule has 0 bridgehead atoms. The molecule has 5 rings (SSSR count). The van der Waals surface area contributed by atoms with Crippen molar-refractivity contribution in [3.63, 3.8) is 0 Å². The number of hydrogen-bond acceptors (Lipinski definition) is 4. The number of benzene rings is 1. The average molecular weight is 372 g/mol. The van der Waals surface area contributed by atoms with Crippen LogP contribution in [0, 0.1) is 6.92 Å². The van der Waals surface area contributed by atoms with Gasteiger partial charge in [0.1, 0.15) is 17.9 Å². The lowest BCUT2D eigenvalue weighted by Crippen LogP contribution is -2.36. The van der Waals surface area contributed by atoms with Crippen molar-refractivity contribution in [2.45, 2.75) is 38.6 Å². The van der Waals surface area contributed by atoms with E-state index in [-0.39, 0.29) is 6.04 Å². The topological polar surface area (TPSA) is 59.0 Å². The van der Waals surface area contributed by atoms with Gasteiger partial charge in [-0.15, -0.1) is 0 Å². The number of nitrogens with one attached hydrogen (secondary N) is 1. The fraction of sp³-hybridized carbons (Fsp3) is 0.474. The number of anilines is 1. The largest absolute Gasteiger partial charge is 0.489 e. The van der Waals surface area contributed by atoms with Gasteiger partial charge in [-0.25, -0.2) is 9.97 Å². The maximum Gasteiger partial charge on any atom is 0.207 e. The molecule has 1 N–H and O–H groups in total. The molecule has 0 amide bonds. The van der Waals surface area contributed by atoms with Crippen LogP contribution in [0.25, 0.3) is 11.0 Å². The molecule has 4 heterocycles. The van der Waals surface area contributed by atoms with E-state index < -0.39 is 0 Å². The van der Waals surface area contributed by atoms with E-state index in [1.807, 2.05) is 12.1 Å². The van der Waals surface area contributed by atoms with Crippen LogP contribution in [0.3, 0.4) is 0 Å². The molecule has 2 aliphatic heterocycles. The van der Waals surface area contributed by atoms with Gasteiger partial charge in [0.05, 0.1) is 23.6 Å². The molecule has 2 aliphatic rings. The summed E-state index contributed by atoms with van der Waals surface area (Å²) in [5, 5.41) is 0.672. The Kier molecular flexibility index (Phi) is 3.64. The third-order valence-electron chi connectivity index (χ3n) is 5.65. The van der Waals surface area contributed by atoms with E-state index in [1.165, 1.54) is 11.4 Å². The summed E-state index contributed by atoms with van der Waals surface area (Å²) in [6.45, 7) is 6.90. The van der Waals surface area contributed by atoms with Gasteiger partial charge >= 0.3 is 0 Å². The van der Waals surface area contributed by atoms with Gasteiger partial charge in [0.15, 0.2) is 0 Å². The molecule has 0 radical (unpaired) electrons. The predicted octanol–water partition coefficient (Wildman–Crippen LogP) is 4.06. The first kappa shape index (κ1) is 16.0. The van der Waals surface area contributed by atoms with E-state index in [1.54, 1.807) is 6.33 Å². The Bertz CT molecular complexity index is 970. The van der Waals surface area contributed by atoms with E-state index in [2.05, 4.69) is 33.3 Å². The number of imidazole rings is 2. The number of aromatic amines is 1. The summed E-state index contributed by atoms with van der Waals surface area (Å²) in [6, 6.07) is 4.08. The number of ether oxygens (including phenoxy) is 1. The number of rotatable bonds is 2. The zero-order chi connectivity index (χ0) is 17.8. The van der Waals surface area contributed by atoms with Gasteiger partial charge in [0.25, 0.3) is 0 Å². The van der Waals surface area contributed by atoms with Gasteiger partial charge in [-0.3, -0.25) is 0 Å². The molecule has 7 heteroatoms. The number of halogens is 1. The van der Waals surface area contributed by atoms with Crippen LogP contribution < -0.4 is 9.64 Å². The van der Waals surface area contributed by atoms with Crippen LogP contribution in [-0.2, 0) is 0 Å². The maximum atomic E-state index is 6.25. The Morgan fingerprint density at radius 1 is 1.27 bits per heavy atom. The summed E-state index contributed by atoms with van der Waals surface area (Å²) in [5.74, 6) is 2.40. The van der Waals surface area contributed by atoms with E-state index >= 15 is 0 Å². The number of nitrogens with zero attached hydrogens (tertiary/aromatic N) is 4. The highest BCUT2D eigenvalue weighted by Gasteiger charge is 2.30. The third-order valence-corrected chi connectivity index (χ3v) is 5.87. The number of H-pyrrole nitrogens is 1. The highest BCUT2D eigenvalue weighted by atomic mass is 35.5. The summed E-state index contributed by atoms with van der Waals surface area (Å²) < 4.78 is 8.22. The van der Waals surface area contributed by atoms with Crippen LogP contribution in [0.1, 0.15) is 43.1 Å². The molecule has 0 saturated carbocycles.